The summed E-state index contributed by atoms with van der Waals surface area (Å²) >= 11 is 0. The Labute approximate surface area is 135 Å². The molecule has 3 nitrogen and oxygen atoms in total. The minimum Gasteiger partial charge on any atom is -0.350 e. The number of amides is 1. The van der Waals surface area contributed by atoms with Gasteiger partial charge in [0.15, 0.2) is 0 Å². The number of benzene rings is 2. The topological polar surface area (TPSA) is 36.1 Å². The first-order valence-corrected chi connectivity index (χ1v) is 8.06. The van der Waals surface area contributed by atoms with Gasteiger partial charge in [-0.3, -0.25) is 4.79 Å². The van der Waals surface area contributed by atoms with Gasteiger partial charge in [-0.25, -0.2) is 0 Å². The van der Waals surface area contributed by atoms with Gasteiger partial charge in [0.2, 0.25) is 0 Å². The van der Waals surface area contributed by atoms with Gasteiger partial charge in [0.05, 0.1) is 0 Å². The lowest BCUT2D eigenvalue weighted by atomic mass is 10.1. The van der Waals surface area contributed by atoms with Crippen LogP contribution in [-0.2, 0) is 6.42 Å². The lowest BCUT2D eigenvalue weighted by Crippen LogP contribution is -2.36. The van der Waals surface area contributed by atoms with E-state index in [1.807, 2.05) is 30.0 Å². The van der Waals surface area contributed by atoms with E-state index >= 15 is 0 Å². The molecule has 1 N–H and O–H groups in total. The van der Waals surface area contributed by atoms with Gasteiger partial charge in [-0.15, -0.1) is 0 Å². The summed E-state index contributed by atoms with van der Waals surface area (Å²) in [6.07, 6.45) is 0.917. The molecular weight excluding hydrogens is 284 g/mol. The lowest BCUT2D eigenvalue weighted by Gasteiger charge is -2.22. The quantitative estimate of drug-likeness (QED) is 0.711. The molecule has 2 aromatic carbocycles. The van der Waals surface area contributed by atoms with E-state index in [0.717, 1.165) is 28.6 Å². The summed E-state index contributed by atoms with van der Waals surface area (Å²) in [6.45, 7) is 6.20. The standard InChI is InChI=1S/C20H20N2O/c1-12-8-9-16-14(3)19(21-17(16)10-12)20(23)22-13(2)11-15-6-4-5-7-18(15)22/h4-10,13,21H,11H2,1-3H3. The smallest absolute Gasteiger partial charge is 0.275 e. The fraction of sp³-hybridized carbons (Fsp3) is 0.250. The Morgan fingerprint density at radius 2 is 1.96 bits per heavy atom. The molecule has 0 radical (unpaired) electrons. The number of aromatic amines is 1. The molecule has 0 fully saturated rings. The van der Waals surface area contributed by atoms with Crippen molar-refractivity contribution in [2.45, 2.75) is 33.2 Å². The molecule has 0 saturated heterocycles. The molecular formula is C20H20N2O. The normalized spacial score (nSPS) is 16.8. The number of nitrogens with zero attached hydrogens (tertiary/aromatic N) is 1. The zero-order valence-electron chi connectivity index (χ0n) is 13.7. The van der Waals surface area contributed by atoms with E-state index in [1.54, 1.807) is 0 Å². The van der Waals surface area contributed by atoms with Crippen LogP contribution in [0.5, 0.6) is 0 Å². The molecule has 0 saturated carbocycles. The highest BCUT2D eigenvalue weighted by Crippen LogP contribution is 2.34. The maximum Gasteiger partial charge on any atom is 0.275 e. The molecule has 116 valence electrons. The van der Waals surface area contributed by atoms with Crippen LogP contribution in [0.25, 0.3) is 10.9 Å². The summed E-state index contributed by atoms with van der Waals surface area (Å²) in [4.78, 5) is 18.5. The Bertz CT molecular complexity index is 923. The zero-order chi connectivity index (χ0) is 16.1. The Morgan fingerprint density at radius 3 is 2.78 bits per heavy atom. The first-order chi connectivity index (χ1) is 11.1. The Kier molecular flexibility index (Phi) is 3.05. The van der Waals surface area contributed by atoms with Gasteiger partial charge >= 0.3 is 0 Å². The SMILES string of the molecule is Cc1ccc2c(C)c(C(=O)N3c4ccccc4CC3C)[nH]c2c1. The Hall–Kier alpha value is -2.55. The van der Waals surface area contributed by atoms with E-state index in [9.17, 15) is 4.79 Å². The van der Waals surface area contributed by atoms with Crippen molar-refractivity contribution in [1.29, 1.82) is 0 Å². The first-order valence-electron chi connectivity index (χ1n) is 8.06. The molecule has 1 atom stereocenters. The highest BCUT2D eigenvalue weighted by atomic mass is 16.2. The van der Waals surface area contributed by atoms with Crippen LogP contribution in [0.15, 0.2) is 42.5 Å². The molecule has 3 aromatic rings. The fourth-order valence-corrected chi connectivity index (χ4v) is 3.66. The maximum atomic E-state index is 13.2. The third kappa shape index (κ3) is 2.07. The van der Waals surface area contributed by atoms with Crippen molar-refractivity contribution in [2.24, 2.45) is 0 Å². The number of carbonyl (C=O) groups is 1. The second-order valence-corrected chi connectivity index (χ2v) is 6.53. The number of H-pyrrole nitrogens is 1. The number of fused-ring (bicyclic) bond motifs is 2. The number of aryl methyl sites for hydroxylation is 2. The van der Waals surface area contributed by atoms with Gasteiger partial charge in [-0.05, 0) is 56.0 Å². The average Bonchev–Trinajstić information content (AvgIpc) is 3.03. The number of hydrogen-bond acceptors (Lipinski definition) is 1. The summed E-state index contributed by atoms with van der Waals surface area (Å²) in [5.74, 6) is 0.0637. The third-order valence-electron chi connectivity index (χ3n) is 4.85. The van der Waals surface area contributed by atoms with Crippen molar-refractivity contribution in [2.75, 3.05) is 4.90 Å². The van der Waals surface area contributed by atoms with Gasteiger partial charge in [-0.1, -0.05) is 30.3 Å². The predicted octanol–water partition coefficient (Wildman–Crippen LogP) is 4.38. The van der Waals surface area contributed by atoms with Crippen molar-refractivity contribution in [1.82, 2.24) is 4.98 Å². The van der Waals surface area contributed by atoms with Gasteiger partial charge in [-0.2, -0.15) is 0 Å². The monoisotopic (exact) mass is 304 g/mol. The van der Waals surface area contributed by atoms with Crippen molar-refractivity contribution >= 4 is 22.5 Å². The van der Waals surface area contributed by atoms with E-state index in [-0.39, 0.29) is 11.9 Å². The molecule has 23 heavy (non-hydrogen) atoms. The van der Waals surface area contributed by atoms with Crippen molar-refractivity contribution in [3.63, 3.8) is 0 Å². The molecule has 0 aliphatic carbocycles. The summed E-state index contributed by atoms with van der Waals surface area (Å²) in [7, 11) is 0. The third-order valence-corrected chi connectivity index (χ3v) is 4.85. The van der Waals surface area contributed by atoms with E-state index in [4.69, 9.17) is 0 Å². The molecule has 0 spiro atoms. The molecule has 1 aliphatic heterocycles. The van der Waals surface area contributed by atoms with Gasteiger partial charge in [0.1, 0.15) is 5.69 Å². The second-order valence-electron chi connectivity index (χ2n) is 6.53. The minimum atomic E-state index is 0.0637. The van der Waals surface area contributed by atoms with Gasteiger partial charge < -0.3 is 9.88 Å². The number of anilines is 1. The molecule has 0 bridgehead atoms. The summed E-state index contributed by atoms with van der Waals surface area (Å²) in [5.41, 5.74) is 6.25. The second kappa shape index (κ2) is 4.98. The largest absolute Gasteiger partial charge is 0.350 e. The number of rotatable bonds is 1. The Morgan fingerprint density at radius 1 is 1.17 bits per heavy atom. The van der Waals surface area contributed by atoms with E-state index in [1.165, 1.54) is 11.1 Å². The van der Waals surface area contributed by atoms with Crippen LogP contribution in [0.3, 0.4) is 0 Å². The van der Waals surface area contributed by atoms with Crippen LogP contribution in [0.2, 0.25) is 0 Å². The highest BCUT2D eigenvalue weighted by molar-refractivity contribution is 6.10. The van der Waals surface area contributed by atoms with Crippen LogP contribution in [0.1, 0.15) is 34.1 Å². The molecule has 1 aliphatic rings. The number of para-hydroxylation sites is 1. The number of carbonyl (C=O) groups excluding carboxylic acids is 1. The number of aromatic nitrogens is 1. The van der Waals surface area contributed by atoms with Crippen molar-refractivity contribution in [3.8, 4) is 0 Å². The average molecular weight is 304 g/mol. The highest BCUT2D eigenvalue weighted by Gasteiger charge is 2.32. The molecule has 1 aromatic heterocycles. The lowest BCUT2D eigenvalue weighted by molar-refractivity contribution is 0.0977. The van der Waals surface area contributed by atoms with Crippen LogP contribution in [0, 0.1) is 13.8 Å². The summed E-state index contributed by atoms with van der Waals surface area (Å²) < 4.78 is 0. The fourth-order valence-electron chi connectivity index (χ4n) is 3.66. The molecule has 1 unspecified atom stereocenters. The first kappa shape index (κ1) is 14.1. The summed E-state index contributed by atoms with van der Waals surface area (Å²) in [5, 5.41) is 1.12. The molecule has 2 heterocycles. The van der Waals surface area contributed by atoms with E-state index in [0.29, 0.717) is 5.69 Å². The van der Waals surface area contributed by atoms with Crippen molar-refractivity contribution < 1.29 is 4.79 Å². The van der Waals surface area contributed by atoms with E-state index < -0.39 is 0 Å². The molecule has 4 rings (SSSR count). The van der Waals surface area contributed by atoms with Gasteiger partial charge in [0.25, 0.3) is 5.91 Å². The van der Waals surface area contributed by atoms with Gasteiger partial charge in [0, 0.05) is 22.6 Å². The Balaban J connectivity index is 1.82. The molecule has 3 heteroatoms. The minimum absolute atomic E-state index is 0.0637. The van der Waals surface area contributed by atoms with Crippen LogP contribution >= 0.6 is 0 Å². The van der Waals surface area contributed by atoms with Crippen LogP contribution < -0.4 is 4.90 Å². The van der Waals surface area contributed by atoms with Crippen LogP contribution in [0.4, 0.5) is 5.69 Å². The number of nitrogens with one attached hydrogen (secondary N) is 1. The maximum absolute atomic E-state index is 13.2. The van der Waals surface area contributed by atoms with E-state index in [2.05, 4.69) is 43.1 Å². The zero-order valence-corrected chi connectivity index (χ0v) is 13.7. The summed E-state index contributed by atoms with van der Waals surface area (Å²) in [6, 6.07) is 14.7. The van der Waals surface area contributed by atoms with Crippen LogP contribution in [-0.4, -0.2) is 16.9 Å². The molecule has 1 amide bonds. The van der Waals surface area contributed by atoms with Crippen molar-refractivity contribution in [3.05, 3.63) is 64.8 Å². The number of hydrogen-bond donors (Lipinski definition) is 1. The predicted molar refractivity (Wildman–Crippen MR) is 94.2 cm³/mol.